The second kappa shape index (κ2) is 8.19. The van der Waals surface area contributed by atoms with E-state index in [-0.39, 0.29) is 0 Å². The summed E-state index contributed by atoms with van der Waals surface area (Å²) in [5.41, 5.74) is 2.72. The van der Waals surface area contributed by atoms with Crippen molar-refractivity contribution in [3.8, 4) is 5.75 Å². The molecule has 0 saturated heterocycles. The van der Waals surface area contributed by atoms with Crippen LogP contribution in [0.3, 0.4) is 0 Å². The van der Waals surface area contributed by atoms with Gasteiger partial charge in [-0.1, -0.05) is 36.4 Å². The topological polar surface area (TPSA) is 60.5 Å². The maximum absolute atomic E-state index is 12.6. The highest BCUT2D eigenvalue weighted by molar-refractivity contribution is 6.08. The third-order valence-electron chi connectivity index (χ3n) is 4.70. The van der Waals surface area contributed by atoms with Gasteiger partial charge in [-0.15, -0.1) is 0 Å². The molecule has 5 nitrogen and oxygen atoms in total. The van der Waals surface area contributed by atoms with Crippen LogP contribution in [0.1, 0.15) is 24.2 Å². The molecule has 0 bridgehead atoms. The molecular formula is C24H22N2O3. The van der Waals surface area contributed by atoms with Gasteiger partial charge < -0.3 is 14.8 Å². The van der Waals surface area contributed by atoms with Crippen LogP contribution in [0.2, 0.25) is 0 Å². The zero-order valence-electron chi connectivity index (χ0n) is 16.4. The number of carbonyl (C=O) groups excluding carboxylic acids is 1. The summed E-state index contributed by atoms with van der Waals surface area (Å²) in [5, 5.41) is 6.45. The Hall–Kier alpha value is -3.60. The van der Waals surface area contributed by atoms with Crippen LogP contribution in [0.25, 0.3) is 21.7 Å². The van der Waals surface area contributed by atoms with E-state index in [9.17, 15) is 4.79 Å². The minimum absolute atomic E-state index is 0.295. The van der Waals surface area contributed by atoms with Crippen molar-refractivity contribution < 1.29 is 14.3 Å². The predicted octanol–water partition coefficient (Wildman–Crippen LogP) is 5.71. The molecule has 1 aromatic heterocycles. The van der Waals surface area contributed by atoms with Gasteiger partial charge in [0.25, 0.3) is 0 Å². The van der Waals surface area contributed by atoms with Crippen LogP contribution in [0, 0.1) is 0 Å². The second-order valence-electron chi connectivity index (χ2n) is 6.53. The van der Waals surface area contributed by atoms with E-state index in [1.807, 2.05) is 49.4 Å². The van der Waals surface area contributed by atoms with Crippen LogP contribution >= 0.6 is 0 Å². The van der Waals surface area contributed by atoms with Crippen molar-refractivity contribution in [2.24, 2.45) is 0 Å². The molecular weight excluding hydrogens is 364 g/mol. The number of pyridine rings is 1. The van der Waals surface area contributed by atoms with Crippen LogP contribution in [0.4, 0.5) is 11.4 Å². The van der Waals surface area contributed by atoms with Gasteiger partial charge in [0, 0.05) is 22.7 Å². The number of hydrogen-bond acceptors (Lipinski definition) is 5. The Morgan fingerprint density at radius 3 is 2.62 bits per heavy atom. The molecule has 0 spiro atoms. The third kappa shape index (κ3) is 3.72. The number of carbonyl (C=O) groups is 1. The Kier molecular flexibility index (Phi) is 5.29. The van der Waals surface area contributed by atoms with Crippen molar-refractivity contribution in [1.82, 2.24) is 4.98 Å². The molecule has 1 N–H and O–H groups in total. The van der Waals surface area contributed by atoms with Crippen molar-refractivity contribution in [2.75, 3.05) is 18.5 Å². The average molecular weight is 386 g/mol. The van der Waals surface area contributed by atoms with Gasteiger partial charge in [-0.25, -0.2) is 4.79 Å². The van der Waals surface area contributed by atoms with Gasteiger partial charge >= 0.3 is 5.97 Å². The van der Waals surface area contributed by atoms with Gasteiger partial charge in [0.05, 0.1) is 24.4 Å². The largest absolute Gasteiger partial charge is 0.494 e. The maximum atomic E-state index is 12.6. The molecule has 4 aromatic rings. The van der Waals surface area contributed by atoms with Crippen molar-refractivity contribution >= 4 is 39.0 Å². The number of ether oxygens (including phenoxy) is 2. The van der Waals surface area contributed by atoms with Crippen LogP contribution in [-0.2, 0) is 4.74 Å². The number of fused-ring (bicyclic) bond motifs is 2. The zero-order chi connectivity index (χ0) is 20.2. The first kappa shape index (κ1) is 18.7. The van der Waals surface area contributed by atoms with E-state index < -0.39 is 5.97 Å². The van der Waals surface area contributed by atoms with E-state index >= 15 is 0 Å². The van der Waals surface area contributed by atoms with E-state index in [0.29, 0.717) is 24.5 Å². The lowest BCUT2D eigenvalue weighted by Crippen LogP contribution is -2.09. The smallest absolute Gasteiger partial charge is 0.341 e. The molecule has 0 aliphatic heterocycles. The summed E-state index contributed by atoms with van der Waals surface area (Å²) in [7, 11) is 0. The minimum Gasteiger partial charge on any atom is -0.494 e. The van der Waals surface area contributed by atoms with Crippen LogP contribution in [0.5, 0.6) is 5.75 Å². The quantitative estimate of drug-likeness (QED) is 0.430. The highest BCUT2D eigenvalue weighted by Gasteiger charge is 2.18. The number of esters is 1. The van der Waals surface area contributed by atoms with Crippen molar-refractivity contribution in [3.63, 3.8) is 0 Å². The van der Waals surface area contributed by atoms with E-state index in [0.717, 1.165) is 33.1 Å². The standard InChI is InChI=1S/C24H22N2O3/c1-3-28-17-12-13-21-19(14-17)23(20(15-25-21)24(27)29-4-2)26-22-11-7-9-16-8-5-6-10-18(16)22/h5-15H,3-4H2,1-2H3,(H,25,26). The van der Waals surface area contributed by atoms with Crippen LogP contribution in [0.15, 0.2) is 66.9 Å². The molecule has 5 heteroatoms. The maximum Gasteiger partial charge on any atom is 0.341 e. The number of anilines is 2. The van der Waals surface area contributed by atoms with E-state index in [2.05, 4.69) is 28.5 Å². The van der Waals surface area contributed by atoms with Gasteiger partial charge in [0.15, 0.2) is 0 Å². The number of aromatic nitrogens is 1. The molecule has 0 aliphatic carbocycles. The van der Waals surface area contributed by atoms with Gasteiger partial charge in [0.1, 0.15) is 11.3 Å². The Labute approximate surface area is 169 Å². The fourth-order valence-electron chi connectivity index (χ4n) is 3.40. The Morgan fingerprint density at radius 1 is 0.966 bits per heavy atom. The summed E-state index contributed by atoms with van der Waals surface area (Å²) in [5.74, 6) is 0.315. The SMILES string of the molecule is CCOC(=O)c1cnc2ccc(OCC)cc2c1Nc1cccc2ccccc12. The molecule has 146 valence electrons. The molecule has 29 heavy (non-hydrogen) atoms. The van der Waals surface area contributed by atoms with Crippen molar-refractivity contribution in [3.05, 3.63) is 72.4 Å². The number of nitrogens with one attached hydrogen (secondary N) is 1. The molecule has 0 saturated carbocycles. The molecule has 4 rings (SSSR count). The average Bonchev–Trinajstić information content (AvgIpc) is 2.74. The lowest BCUT2D eigenvalue weighted by Gasteiger charge is -2.16. The van der Waals surface area contributed by atoms with Crippen LogP contribution < -0.4 is 10.1 Å². The lowest BCUT2D eigenvalue weighted by atomic mass is 10.1. The van der Waals surface area contributed by atoms with E-state index in [1.54, 1.807) is 13.1 Å². The highest BCUT2D eigenvalue weighted by Crippen LogP contribution is 2.34. The highest BCUT2D eigenvalue weighted by atomic mass is 16.5. The molecule has 0 unspecified atom stereocenters. The summed E-state index contributed by atoms with van der Waals surface area (Å²) in [4.78, 5) is 17.1. The number of hydrogen-bond donors (Lipinski definition) is 1. The first-order valence-electron chi connectivity index (χ1n) is 9.68. The first-order valence-corrected chi connectivity index (χ1v) is 9.68. The molecule has 0 aliphatic rings. The Bertz CT molecular complexity index is 1180. The fourth-order valence-corrected chi connectivity index (χ4v) is 3.40. The molecule has 0 radical (unpaired) electrons. The van der Waals surface area contributed by atoms with E-state index in [1.165, 1.54) is 0 Å². The molecule has 0 amide bonds. The summed E-state index contributed by atoms with van der Waals surface area (Å²) in [6.07, 6.45) is 1.56. The molecule has 0 fully saturated rings. The predicted molar refractivity (Wildman–Crippen MR) is 116 cm³/mol. The van der Waals surface area contributed by atoms with Crippen molar-refractivity contribution in [2.45, 2.75) is 13.8 Å². The number of nitrogens with zero attached hydrogens (tertiary/aromatic N) is 1. The second-order valence-corrected chi connectivity index (χ2v) is 6.53. The van der Waals surface area contributed by atoms with E-state index in [4.69, 9.17) is 9.47 Å². The minimum atomic E-state index is -0.411. The van der Waals surface area contributed by atoms with Crippen LogP contribution in [-0.4, -0.2) is 24.2 Å². The fraction of sp³-hybridized carbons (Fsp3) is 0.167. The van der Waals surface area contributed by atoms with Gasteiger partial charge in [-0.3, -0.25) is 4.98 Å². The van der Waals surface area contributed by atoms with Gasteiger partial charge in [0.2, 0.25) is 0 Å². The summed E-state index contributed by atoms with van der Waals surface area (Å²) >= 11 is 0. The zero-order valence-corrected chi connectivity index (χ0v) is 16.4. The lowest BCUT2D eigenvalue weighted by molar-refractivity contribution is 0.0527. The summed E-state index contributed by atoms with van der Waals surface area (Å²) in [6, 6.07) is 19.8. The molecule has 3 aromatic carbocycles. The summed E-state index contributed by atoms with van der Waals surface area (Å²) in [6.45, 7) is 4.58. The molecule has 0 atom stereocenters. The van der Waals surface area contributed by atoms with Crippen molar-refractivity contribution in [1.29, 1.82) is 0 Å². The number of rotatable bonds is 6. The molecule has 1 heterocycles. The number of benzene rings is 3. The Balaban J connectivity index is 1.92. The Morgan fingerprint density at radius 2 is 1.79 bits per heavy atom. The summed E-state index contributed by atoms with van der Waals surface area (Å²) < 4.78 is 10.9. The third-order valence-corrected chi connectivity index (χ3v) is 4.70. The first-order chi connectivity index (χ1) is 14.2. The van der Waals surface area contributed by atoms with Gasteiger partial charge in [-0.05, 0) is 43.5 Å². The van der Waals surface area contributed by atoms with Gasteiger partial charge in [-0.2, -0.15) is 0 Å². The normalized spacial score (nSPS) is 10.8. The monoisotopic (exact) mass is 386 g/mol.